The van der Waals surface area contributed by atoms with Crippen molar-refractivity contribution in [2.24, 2.45) is 0 Å². The molecule has 0 fully saturated rings. The molecule has 8 nitrogen and oxygen atoms in total. The fraction of sp³-hybridized carbons (Fsp3) is 0.211. The van der Waals surface area contributed by atoms with Crippen molar-refractivity contribution in [2.45, 2.75) is 17.9 Å². The molecule has 28 heavy (non-hydrogen) atoms. The van der Waals surface area contributed by atoms with Gasteiger partial charge in [-0.15, -0.1) is 0 Å². The minimum absolute atomic E-state index is 0.000000000000000222. The number of sulfonamides is 1. The van der Waals surface area contributed by atoms with Crippen LogP contribution in [0.3, 0.4) is 0 Å². The van der Waals surface area contributed by atoms with Gasteiger partial charge < -0.3 is 10.1 Å². The maximum absolute atomic E-state index is 12.3. The van der Waals surface area contributed by atoms with Crippen LogP contribution in [-0.2, 0) is 19.6 Å². The lowest BCUT2D eigenvalue weighted by Crippen LogP contribution is -2.30. The number of nitrogens with zero attached hydrogens (tertiary/aromatic N) is 2. The molecule has 9 heteroatoms. The second-order valence-electron chi connectivity index (χ2n) is 6.01. The van der Waals surface area contributed by atoms with Crippen molar-refractivity contribution < 1.29 is 22.7 Å². The summed E-state index contributed by atoms with van der Waals surface area (Å²) in [6.07, 6.45) is -1.16. The van der Waals surface area contributed by atoms with Crippen LogP contribution in [0.25, 0.3) is 0 Å². The third-order valence-electron chi connectivity index (χ3n) is 3.81. The summed E-state index contributed by atoms with van der Waals surface area (Å²) in [6.45, 7) is 1.38. The first-order chi connectivity index (χ1) is 13.2. The number of hydrogen-bond donors (Lipinski definition) is 1. The van der Waals surface area contributed by atoms with Crippen LogP contribution in [0.4, 0.5) is 5.69 Å². The first-order valence-corrected chi connectivity index (χ1v) is 9.64. The van der Waals surface area contributed by atoms with E-state index in [1.165, 1.54) is 45.3 Å². The Kier molecular flexibility index (Phi) is 6.51. The van der Waals surface area contributed by atoms with Gasteiger partial charge in [0.2, 0.25) is 10.0 Å². The molecule has 0 saturated carbocycles. The minimum atomic E-state index is -3.71. The molecule has 0 aromatic heterocycles. The minimum Gasteiger partial charge on any atom is -0.449 e. The van der Waals surface area contributed by atoms with Gasteiger partial charge in [-0.05, 0) is 37.3 Å². The molecule has 1 amide bonds. The second-order valence-corrected chi connectivity index (χ2v) is 8.16. The molecule has 0 heterocycles. The zero-order valence-electron chi connectivity index (χ0n) is 15.5. The molecule has 0 aliphatic heterocycles. The molecule has 1 atom stereocenters. The Morgan fingerprint density at radius 3 is 2.46 bits per heavy atom. The molecule has 2 aromatic carbocycles. The fourth-order valence-electron chi connectivity index (χ4n) is 2.20. The third kappa shape index (κ3) is 4.73. The van der Waals surface area contributed by atoms with Gasteiger partial charge in [0.1, 0.15) is 6.07 Å². The average Bonchev–Trinajstić information content (AvgIpc) is 2.68. The van der Waals surface area contributed by atoms with Gasteiger partial charge in [-0.2, -0.15) is 5.26 Å². The highest BCUT2D eigenvalue weighted by Crippen LogP contribution is 2.17. The Morgan fingerprint density at radius 2 is 1.82 bits per heavy atom. The SMILES string of the molecule is C[C@H](OC(=O)c1cccc(S(=O)(=O)N(C)C)c1)C(=O)Nc1ccccc1C#N. The molecule has 146 valence electrons. The fourth-order valence-corrected chi connectivity index (χ4v) is 3.15. The Hall–Kier alpha value is -3.22. The molecule has 2 aromatic rings. The van der Waals surface area contributed by atoms with Gasteiger partial charge in [-0.3, -0.25) is 4.79 Å². The first-order valence-electron chi connectivity index (χ1n) is 8.20. The molecule has 0 aliphatic rings. The Bertz CT molecular complexity index is 1040. The van der Waals surface area contributed by atoms with E-state index in [-0.39, 0.29) is 16.0 Å². The maximum Gasteiger partial charge on any atom is 0.338 e. The number of esters is 1. The van der Waals surface area contributed by atoms with Crippen molar-refractivity contribution in [2.75, 3.05) is 19.4 Å². The third-order valence-corrected chi connectivity index (χ3v) is 5.62. The maximum atomic E-state index is 12.3. The molecule has 0 bridgehead atoms. The van der Waals surface area contributed by atoms with Crippen molar-refractivity contribution in [3.05, 3.63) is 59.7 Å². The van der Waals surface area contributed by atoms with E-state index in [1.807, 2.05) is 6.07 Å². The standard InChI is InChI=1S/C19H19N3O5S/c1-13(18(23)21-17-10-5-4-7-15(17)12-20)27-19(24)14-8-6-9-16(11-14)28(25,26)22(2)3/h4-11,13H,1-3H3,(H,21,23)/t13-/m0/s1. The van der Waals surface area contributed by atoms with Gasteiger partial charge in [-0.1, -0.05) is 18.2 Å². The highest BCUT2D eigenvalue weighted by molar-refractivity contribution is 7.89. The monoisotopic (exact) mass is 401 g/mol. The molecule has 0 saturated heterocycles. The number of benzene rings is 2. The van der Waals surface area contributed by atoms with Crippen LogP contribution in [0, 0.1) is 11.3 Å². The largest absolute Gasteiger partial charge is 0.449 e. The summed E-state index contributed by atoms with van der Waals surface area (Å²) in [6, 6.07) is 13.7. The lowest BCUT2D eigenvalue weighted by Gasteiger charge is -2.15. The molecular weight excluding hydrogens is 382 g/mol. The van der Waals surface area contributed by atoms with Crippen LogP contribution in [-0.4, -0.2) is 44.8 Å². The summed E-state index contributed by atoms with van der Waals surface area (Å²) in [4.78, 5) is 24.5. The van der Waals surface area contributed by atoms with Crippen LogP contribution in [0.15, 0.2) is 53.4 Å². The van der Waals surface area contributed by atoms with Crippen molar-refractivity contribution in [3.8, 4) is 6.07 Å². The summed E-state index contributed by atoms with van der Waals surface area (Å²) in [5, 5.41) is 11.6. The smallest absolute Gasteiger partial charge is 0.338 e. The summed E-state index contributed by atoms with van der Waals surface area (Å²) in [5.41, 5.74) is 0.577. The van der Waals surface area contributed by atoms with Crippen LogP contribution in [0.2, 0.25) is 0 Å². The van der Waals surface area contributed by atoms with E-state index in [2.05, 4.69) is 5.32 Å². The highest BCUT2D eigenvalue weighted by atomic mass is 32.2. The van der Waals surface area contributed by atoms with Crippen molar-refractivity contribution >= 4 is 27.6 Å². The van der Waals surface area contributed by atoms with Gasteiger partial charge in [0.05, 0.1) is 21.7 Å². The predicted molar refractivity (Wildman–Crippen MR) is 102 cm³/mol. The van der Waals surface area contributed by atoms with Crippen molar-refractivity contribution in [3.63, 3.8) is 0 Å². The van der Waals surface area contributed by atoms with Crippen molar-refractivity contribution in [1.82, 2.24) is 4.31 Å². The lowest BCUT2D eigenvalue weighted by atomic mass is 10.2. The summed E-state index contributed by atoms with van der Waals surface area (Å²) in [7, 11) is -0.949. The van der Waals surface area contributed by atoms with Crippen molar-refractivity contribution in [1.29, 1.82) is 5.26 Å². The average molecular weight is 401 g/mol. The van der Waals surface area contributed by atoms with E-state index in [9.17, 15) is 18.0 Å². The predicted octanol–water partition coefficient (Wildman–Crippen LogP) is 1.99. The second kappa shape index (κ2) is 8.65. The summed E-state index contributed by atoms with van der Waals surface area (Å²) in [5.74, 6) is -1.46. The highest BCUT2D eigenvalue weighted by Gasteiger charge is 2.22. The number of amides is 1. The Balaban J connectivity index is 2.12. The molecule has 1 N–H and O–H groups in total. The van der Waals surface area contributed by atoms with Crippen LogP contribution in [0.5, 0.6) is 0 Å². The van der Waals surface area contributed by atoms with Gasteiger partial charge in [0, 0.05) is 14.1 Å². The zero-order valence-corrected chi connectivity index (χ0v) is 16.4. The number of para-hydroxylation sites is 1. The number of carbonyl (C=O) groups is 2. The normalized spacial score (nSPS) is 12.1. The molecule has 0 spiro atoms. The van der Waals surface area contributed by atoms with E-state index in [1.54, 1.807) is 24.3 Å². The molecule has 2 rings (SSSR count). The number of hydrogen-bond acceptors (Lipinski definition) is 6. The number of nitrogens with one attached hydrogen (secondary N) is 1. The molecule has 0 aliphatic carbocycles. The van der Waals surface area contributed by atoms with Gasteiger partial charge in [0.25, 0.3) is 5.91 Å². The van der Waals surface area contributed by atoms with E-state index in [4.69, 9.17) is 10.00 Å². The van der Waals surface area contributed by atoms with E-state index < -0.39 is 28.0 Å². The van der Waals surface area contributed by atoms with Gasteiger partial charge in [-0.25, -0.2) is 17.5 Å². The van der Waals surface area contributed by atoms with E-state index in [0.717, 1.165) is 4.31 Å². The number of ether oxygens (including phenoxy) is 1. The summed E-state index contributed by atoms with van der Waals surface area (Å²) < 4.78 is 30.5. The topological polar surface area (TPSA) is 117 Å². The Morgan fingerprint density at radius 1 is 1.14 bits per heavy atom. The zero-order chi connectivity index (χ0) is 20.9. The van der Waals surface area contributed by atoms with Gasteiger partial charge >= 0.3 is 5.97 Å². The quantitative estimate of drug-likeness (QED) is 0.740. The number of rotatable bonds is 6. The van der Waals surface area contributed by atoms with Gasteiger partial charge in [0.15, 0.2) is 6.10 Å². The molecular formula is C19H19N3O5S. The molecule has 0 unspecified atom stereocenters. The number of carbonyl (C=O) groups excluding carboxylic acids is 2. The van der Waals surface area contributed by atoms with Crippen LogP contribution < -0.4 is 5.32 Å². The van der Waals surface area contributed by atoms with E-state index in [0.29, 0.717) is 5.69 Å². The first kappa shape index (κ1) is 21.1. The van der Waals surface area contributed by atoms with E-state index >= 15 is 0 Å². The van der Waals surface area contributed by atoms with Crippen LogP contribution >= 0.6 is 0 Å². The number of nitriles is 1. The van der Waals surface area contributed by atoms with Crippen LogP contribution in [0.1, 0.15) is 22.8 Å². The lowest BCUT2D eigenvalue weighted by molar-refractivity contribution is -0.123. The summed E-state index contributed by atoms with van der Waals surface area (Å²) >= 11 is 0. The molecule has 0 radical (unpaired) electrons. The number of anilines is 1. The Labute approximate surface area is 163 Å².